The maximum atomic E-state index is 12.6. The van der Waals surface area contributed by atoms with Gasteiger partial charge in [0.05, 0.1) is 5.02 Å². The van der Waals surface area contributed by atoms with Crippen LogP contribution in [0.4, 0.5) is 0 Å². The quantitative estimate of drug-likeness (QED) is 0.662. The largest absolute Gasteiger partial charge is 0.342 e. The van der Waals surface area contributed by atoms with Crippen LogP contribution < -0.4 is 0 Å². The Hall–Kier alpha value is -0.420. The molecule has 0 bridgehead atoms. The van der Waals surface area contributed by atoms with Gasteiger partial charge in [0.1, 0.15) is 0 Å². The highest BCUT2D eigenvalue weighted by atomic mass is 35.5. The molecule has 138 valence electrons. The summed E-state index contributed by atoms with van der Waals surface area (Å²) in [6.45, 7) is 5.01. The van der Waals surface area contributed by atoms with Crippen molar-refractivity contribution in [2.45, 2.75) is 37.0 Å². The van der Waals surface area contributed by atoms with Crippen molar-refractivity contribution in [2.75, 3.05) is 38.5 Å². The van der Waals surface area contributed by atoms with Gasteiger partial charge in [-0.1, -0.05) is 23.2 Å². The summed E-state index contributed by atoms with van der Waals surface area (Å²) in [5.41, 5.74) is 0. The number of amides is 1. The van der Waals surface area contributed by atoms with Gasteiger partial charge in [0.2, 0.25) is 5.91 Å². The smallest absolute Gasteiger partial charge is 0.225 e. The highest BCUT2D eigenvalue weighted by Gasteiger charge is 2.28. The summed E-state index contributed by atoms with van der Waals surface area (Å²) in [4.78, 5) is 18.2. The lowest BCUT2D eigenvalue weighted by atomic mass is 9.94. The maximum Gasteiger partial charge on any atom is 0.225 e. The van der Waals surface area contributed by atoms with Crippen molar-refractivity contribution in [2.24, 2.45) is 5.92 Å². The Bertz CT molecular complexity index is 585. The Balaban J connectivity index is 1.39. The van der Waals surface area contributed by atoms with Gasteiger partial charge in [-0.15, -0.1) is 11.8 Å². The molecule has 3 rings (SSSR count). The number of hydrogen-bond donors (Lipinski definition) is 0. The van der Waals surface area contributed by atoms with Crippen molar-refractivity contribution < 1.29 is 4.79 Å². The summed E-state index contributed by atoms with van der Waals surface area (Å²) in [5, 5.41) is 1.49. The normalized spacial score (nSPS) is 20.0. The molecule has 0 atom stereocenters. The lowest BCUT2D eigenvalue weighted by Gasteiger charge is -2.35. The van der Waals surface area contributed by atoms with Crippen LogP contribution in [0.3, 0.4) is 0 Å². The zero-order valence-corrected chi connectivity index (χ0v) is 16.9. The second kappa shape index (κ2) is 9.50. The van der Waals surface area contributed by atoms with Crippen LogP contribution in [0.25, 0.3) is 0 Å². The highest BCUT2D eigenvalue weighted by Crippen LogP contribution is 2.30. The molecule has 2 saturated heterocycles. The van der Waals surface area contributed by atoms with Gasteiger partial charge in [0, 0.05) is 41.2 Å². The third-order valence-corrected chi connectivity index (χ3v) is 6.88. The minimum Gasteiger partial charge on any atom is -0.342 e. The summed E-state index contributed by atoms with van der Waals surface area (Å²) in [5.74, 6) is 1.63. The second-order valence-electron chi connectivity index (χ2n) is 6.93. The molecule has 25 heavy (non-hydrogen) atoms. The van der Waals surface area contributed by atoms with Gasteiger partial charge < -0.3 is 9.80 Å². The van der Waals surface area contributed by atoms with E-state index >= 15 is 0 Å². The van der Waals surface area contributed by atoms with Gasteiger partial charge >= 0.3 is 0 Å². The van der Waals surface area contributed by atoms with Crippen LogP contribution in [-0.2, 0) is 4.79 Å². The van der Waals surface area contributed by atoms with Crippen molar-refractivity contribution in [1.82, 2.24) is 9.80 Å². The van der Waals surface area contributed by atoms with E-state index in [2.05, 4.69) is 9.80 Å². The maximum absolute atomic E-state index is 12.6. The van der Waals surface area contributed by atoms with Crippen LogP contribution in [-0.4, -0.2) is 54.2 Å². The Morgan fingerprint density at radius 2 is 1.80 bits per heavy atom. The fraction of sp³-hybridized carbons (Fsp3) is 0.632. The van der Waals surface area contributed by atoms with Gasteiger partial charge in [-0.2, -0.15) is 0 Å². The third-order valence-electron chi connectivity index (χ3n) is 5.16. The van der Waals surface area contributed by atoms with E-state index in [-0.39, 0.29) is 5.92 Å². The molecule has 0 aromatic heterocycles. The lowest BCUT2D eigenvalue weighted by molar-refractivity contribution is -0.138. The van der Waals surface area contributed by atoms with Gasteiger partial charge in [-0.3, -0.25) is 4.79 Å². The van der Waals surface area contributed by atoms with Crippen LogP contribution in [0.15, 0.2) is 23.1 Å². The van der Waals surface area contributed by atoms with Crippen LogP contribution in [0.1, 0.15) is 32.1 Å². The zero-order valence-electron chi connectivity index (χ0n) is 14.6. The first-order chi connectivity index (χ1) is 12.1. The van der Waals surface area contributed by atoms with Crippen molar-refractivity contribution in [3.63, 3.8) is 0 Å². The summed E-state index contributed by atoms with van der Waals surface area (Å²) in [6.07, 6.45) is 5.62. The number of rotatable bonds is 5. The molecule has 1 amide bonds. The van der Waals surface area contributed by atoms with E-state index in [1.807, 2.05) is 18.2 Å². The lowest BCUT2D eigenvalue weighted by Crippen LogP contribution is -2.44. The Morgan fingerprint density at radius 1 is 1.08 bits per heavy atom. The first kappa shape index (κ1) is 19.3. The number of piperidine rings is 2. The molecule has 2 fully saturated rings. The fourth-order valence-corrected chi connectivity index (χ4v) is 5.15. The average Bonchev–Trinajstić information content (AvgIpc) is 2.65. The summed E-state index contributed by atoms with van der Waals surface area (Å²) < 4.78 is 0. The minimum absolute atomic E-state index is 0.240. The molecule has 0 N–H and O–H groups in total. The molecule has 2 heterocycles. The van der Waals surface area contributed by atoms with Gasteiger partial charge in [0.25, 0.3) is 0 Å². The number of carbonyl (C=O) groups is 1. The Morgan fingerprint density at radius 3 is 2.52 bits per heavy atom. The van der Waals surface area contributed by atoms with Crippen molar-refractivity contribution >= 4 is 40.9 Å². The Kier molecular flexibility index (Phi) is 7.35. The van der Waals surface area contributed by atoms with Gasteiger partial charge in [-0.05, 0) is 63.4 Å². The van der Waals surface area contributed by atoms with E-state index in [1.165, 1.54) is 19.3 Å². The minimum atomic E-state index is 0.240. The van der Waals surface area contributed by atoms with E-state index in [0.717, 1.165) is 66.3 Å². The van der Waals surface area contributed by atoms with Gasteiger partial charge in [-0.25, -0.2) is 0 Å². The van der Waals surface area contributed by atoms with E-state index in [9.17, 15) is 4.79 Å². The zero-order chi connectivity index (χ0) is 17.6. The van der Waals surface area contributed by atoms with Crippen LogP contribution in [0.2, 0.25) is 10.0 Å². The molecule has 1 aromatic carbocycles. The first-order valence-corrected chi connectivity index (χ1v) is 11.0. The van der Waals surface area contributed by atoms with E-state index in [1.54, 1.807) is 11.8 Å². The number of hydrogen-bond acceptors (Lipinski definition) is 3. The number of thioether (sulfide) groups is 1. The fourth-order valence-electron chi connectivity index (χ4n) is 3.65. The van der Waals surface area contributed by atoms with Crippen LogP contribution in [0, 0.1) is 5.92 Å². The van der Waals surface area contributed by atoms with E-state index in [4.69, 9.17) is 23.2 Å². The van der Waals surface area contributed by atoms with Crippen molar-refractivity contribution in [1.29, 1.82) is 0 Å². The van der Waals surface area contributed by atoms with Crippen LogP contribution in [0.5, 0.6) is 0 Å². The molecule has 1 aromatic rings. The number of halogens is 2. The molecule has 0 aliphatic carbocycles. The van der Waals surface area contributed by atoms with Crippen LogP contribution >= 0.6 is 35.0 Å². The summed E-state index contributed by atoms with van der Waals surface area (Å²) in [6, 6.07) is 5.60. The molecule has 3 nitrogen and oxygen atoms in total. The van der Waals surface area contributed by atoms with Gasteiger partial charge in [0.15, 0.2) is 0 Å². The summed E-state index contributed by atoms with van der Waals surface area (Å²) >= 11 is 14.0. The first-order valence-electron chi connectivity index (χ1n) is 9.22. The van der Waals surface area contributed by atoms with Crippen molar-refractivity contribution in [3.05, 3.63) is 28.2 Å². The van der Waals surface area contributed by atoms with E-state index < -0.39 is 0 Å². The number of carbonyl (C=O) groups excluding carboxylic acids is 1. The topological polar surface area (TPSA) is 23.6 Å². The third kappa shape index (κ3) is 5.53. The molecule has 6 heteroatoms. The molecule has 0 radical (unpaired) electrons. The Labute approximate surface area is 165 Å². The summed E-state index contributed by atoms with van der Waals surface area (Å²) in [7, 11) is 0. The molecule has 0 spiro atoms. The average molecular weight is 401 g/mol. The molecular weight excluding hydrogens is 375 g/mol. The molecule has 0 unspecified atom stereocenters. The van der Waals surface area contributed by atoms with Crippen molar-refractivity contribution in [3.8, 4) is 0 Å². The predicted molar refractivity (Wildman–Crippen MR) is 107 cm³/mol. The molecule has 2 aliphatic heterocycles. The molecular formula is C19H26Cl2N2OS. The number of nitrogens with zero attached hydrogens (tertiary/aromatic N) is 2. The molecule has 2 aliphatic rings. The standard InChI is InChI=1S/C19H26Cl2N2OS/c20-16-4-5-17(21)18(14-16)25-13-12-22-10-6-15(7-11-22)19(24)23-8-2-1-3-9-23/h4-5,14-15H,1-3,6-13H2. The predicted octanol–water partition coefficient (Wildman–Crippen LogP) is 4.81. The second-order valence-corrected chi connectivity index (χ2v) is 8.91. The number of likely N-dealkylation sites (tertiary alicyclic amines) is 2. The monoisotopic (exact) mass is 400 g/mol. The van der Waals surface area contributed by atoms with E-state index in [0.29, 0.717) is 5.91 Å². The highest BCUT2D eigenvalue weighted by molar-refractivity contribution is 7.99. The number of benzene rings is 1. The molecule has 0 saturated carbocycles. The SMILES string of the molecule is O=C(C1CCN(CCSc2cc(Cl)ccc2Cl)CC1)N1CCCCC1.